The van der Waals surface area contributed by atoms with Gasteiger partial charge in [0.05, 0.1) is 22.1 Å². The molecule has 59 heavy (non-hydrogen) atoms. The van der Waals surface area contributed by atoms with Gasteiger partial charge >= 0.3 is 0 Å². The van der Waals surface area contributed by atoms with E-state index in [1.54, 1.807) is 0 Å². The lowest BCUT2D eigenvalue weighted by Crippen LogP contribution is -2.10. The van der Waals surface area contributed by atoms with E-state index in [4.69, 9.17) is 0 Å². The van der Waals surface area contributed by atoms with Gasteiger partial charge in [0, 0.05) is 90.3 Å². The van der Waals surface area contributed by atoms with Gasteiger partial charge in [-0.3, -0.25) is 0 Å². The number of anilines is 3. The topological polar surface area (TPSA) is 13.1 Å². The first-order chi connectivity index (χ1) is 29.3. The van der Waals surface area contributed by atoms with Crippen LogP contribution in [0.2, 0.25) is 0 Å². The molecule has 0 fully saturated rings. The van der Waals surface area contributed by atoms with Crippen molar-refractivity contribution in [2.75, 3.05) is 4.90 Å². The lowest BCUT2D eigenvalue weighted by Gasteiger charge is -2.26. The van der Waals surface area contributed by atoms with Crippen molar-refractivity contribution < 1.29 is 0 Å². The molecule has 13 aromatic rings. The maximum absolute atomic E-state index is 2.47. The number of benzene rings is 9. The third-order valence-corrected chi connectivity index (χ3v) is 14.4. The predicted octanol–water partition coefficient (Wildman–Crippen LogP) is 16.1. The molecule has 0 unspecified atom stereocenters. The summed E-state index contributed by atoms with van der Waals surface area (Å²) in [5.41, 5.74) is 10.5. The summed E-state index contributed by atoms with van der Waals surface area (Å²) in [4.78, 5) is 2.47. The molecule has 13 rings (SSSR count). The van der Waals surface area contributed by atoms with Gasteiger partial charge in [-0.25, -0.2) is 0 Å². The largest absolute Gasteiger partial charge is 0.310 e. The van der Waals surface area contributed by atoms with Gasteiger partial charge in [-0.2, -0.15) is 0 Å². The number of rotatable bonds is 5. The fourth-order valence-electron chi connectivity index (χ4n) is 9.52. The monoisotopic (exact) mass is 787 g/mol. The summed E-state index contributed by atoms with van der Waals surface area (Å²) in [7, 11) is 0. The molecule has 9 aromatic carbocycles. The summed E-state index contributed by atoms with van der Waals surface area (Å²) in [5.74, 6) is 0. The van der Waals surface area contributed by atoms with Crippen molar-refractivity contribution in [1.82, 2.24) is 9.13 Å². The van der Waals surface area contributed by atoms with Crippen LogP contribution in [0.25, 0.3) is 95.3 Å². The van der Waals surface area contributed by atoms with Crippen LogP contribution in [0, 0.1) is 0 Å². The van der Waals surface area contributed by atoms with Crippen molar-refractivity contribution in [3.63, 3.8) is 0 Å². The van der Waals surface area contributed by atoms with Crippen LogP contribution in [-0.2, 0) is 0 Å². The third-order valence-electron chi connectivity index (χ3n) is 12.1. The second kappa shape index (κ2) is 12.7. The number of thiophene rings is 2. The molecule has 0 saturated carbocycles. The molecule has 0 atom stereocenters. The zero-order valence-electron chi connectivity index (χ0n) is 31.7. The first-order valence-electron chi connectivity index (χ1n) is 20.0. The SMILES string of the molecule is c1ccc(-n2c3ccccc3c3cc(N(c4ccc5sc6ccccc6c5c4)c4ccc5c(c4)c4c6sc7ccccc7c6ccc4n5-c4ccccc4)ccc32)cc1. The summed E-state index contributed by atoms with van der Waals surface area (Å²) in [5, 5.41) is 10.2. The summed E-state index contributed by atoms with van der Waals surface area (Å²) < 4.78 is 10.1. The lowest BCUT2D eigenvalue weighted by atomic mass is 10.1. The van der Waals surface area contributed by atoms with Crippen LogP contribution in [0.4, 0.5) is 17.1 Å². The van der Waals surface area contributed by atoms with E-state index in [0.29, 0.717) is 0 Å². The highest BCUT2D eigenvalue weighted by molar-refractivity contribution is 7.27. The van der Waals surface area contributed by atoms with Gasteiger partial charge in [0.2, 0.25) is 0 Å². The van der Waals surface area contributed by atoms with Crippen molar-refractivity contribution in [2.45, 2.75) is 0 Å². The fourth-order valence-corrected chi connectivity index (χ4v) is 11.9. The van der Waals surface area contributed by atoms with E-state index in [0.717, 1.165) is 28.4 Å². The van der Waals surface area contributed by atoms with Gasteiger partial charge < -0.3 is 14.0 Å². The molecule has 5 heteroatoms. The van der Waals surface area contributed by atoms with Gasteiger partial charge in [0.1, 0.15) is 0 Å². The Balaban J connectivity index is 1.11. The Morgan fingerprint density at radius 2 is 0.780 bits per heavy atom. The molecule has 4 aromatic heterocycles. The van der Waals surface area contributed by atoms with Crippen LogP contribution in [0.5, 0.6) is 0 Å². The summed E-state index contributed by atoms with van der Waals surface area (Å²) in [6.45, 7) is 0. The Kier molecular flexibility index (Phi) is 7.05. The highest BCUT2D eigenvalue weighted by Gasteiger charge is 2.22. The Labute approximate surface area is 347 Å². The molecule has 0 amide bonds. The maximum atomic E-state index is 2.47. The minimum atomic E-state index is 1.12. The molecule has 0 N–H and O–H groups in total. The van der Waals surface area contributed by atoms with E-state index in [1.165, 1.54) is 84.0 Å². The number of fused-ring (bicyclic) bond motifs is 13. The number of nitrogens with zero attached hydrogens (tertiary/aromatic N) is 3. The molecule has 0 saturated heterocycles. The van der Waals surface area contributed by atoms with Crippen molar-refractivity contribution in [1.29, 1.82) is 0 Å². The normalized spacial score (nSPS) is 12.1. The van der Waals surface area contributed by atoms with Gasteiger partial charge in [-0.15, -0.1) is 22.7 Å². The standard InChI is InChI=1S/C54H33N3S2/c1-3-13-34(14-4-1)56-46-20-10-7-17-39(46)43-31-36(23-27-47(43)56)55(38-25-30-52-44(32-38)41-19-9-11-21-50(41)58-52)37-24-28-48-45(33-37)53-49(57(48)35-15-5-2-6-16-35)29-26-42-40-18-8-12-22-51(40)59-54(42)53/h1-33H. The van der Waals surface area contributed by atoms with Crippen LogP contribution in [0.1, 0.15) is 0 Å². The van der Waals surface area contributed by atoms with Crippen molar-refractivity contribution in [2.24, 2.45) is 0 Å². The Bertz CT molecular complexity index is 3790. The average molecular weight is 788 g/mol. The zero-order chi connectivity index (χ0) is 38.6. The second-order valence-corrected chi connectivity index (χ2v) is 17.4. The number of aromatic nitrogens is 2. The van der Waals surface area contributed by atoms with E-state index < -0.39 is 0 Å². The van der Waals surface area contributed by atoms with Gasteiger partial charge in [0.15, 0.2) is 0 Å². The van der Waals surface area contributed by atoms with E-state index in [2.05, 4.69) is 214 Å². The molecular formula is C54H33N3S2. The molecule has 0 bridgehead atoms. The lowest BCUT2D eigenvalue weighted by molar-refractivity contribution is 1.18. The smallest absolute Gasteiger partial charge is 0.0555 e. The van der Waals surface area contributed by atoms with Crippen molar-refractivity contribution in [3.8, 4) is 11.4 Å². The molecule has 276 valence electrons. The minimum absolute atomic E-state index is 1.12. The molecule has 0 aliphatic rings. The quantitative estimate of drug-likeness (QED) is 0.169. The van der Waals surface area contributed by atoms with Gasteiger partial charge in [-0.05, 0) is 103 Å². The van der Waals surface area contributed by atoms with E-state index in [9.17, 15) is 0 Å². The highest BCUT2D eigenvalue weighted by Crippen LogP contribution is 2.47. The molecule has 3 nitrogen and oxygen atoms in total. The van der Waals surface area contributed by atoms with Crippen molar-refractivity contribution in [3.05, 3.63) is 200 Å². The molecule has 0 aliphatic carbocycles. The highest BCUT2D eigenvalue weighted by atomic mass is 32.1. The predicted molar refractivity (Wildman–Crippen MR) is 256 cm³/mol. The molecular weight excluding hydrogens is 755 g/mol. The molecule has 4 heterocycles. The summed E-state index contributed by atoms with van der Waals surface area (Å²) in [6.07, 6.45) is 0. The summed E-state index contributed by atoms with van der Waals surface area (Å²) in [6, 6.07) is 73.7. The zero-order valence-corrected chi connectivity index (χ0v) is 33.3. The third kappa shape index (κ3) is 4.86. The van der Waals surface area contributed by atoms with Crippen molar-refractivity contribution >= 4 is 124 Å². The first kappa shape index (κ1) is 32.9. The van der Waals surface area contributed by atoms with Crippen LogP contribution < -0.4 is 4.90 Å². The summed E-state index contributed by atoms with van der Waals surface area (Å²) >= 11 is 3.76. The maximum Gasteiger partial charge on any atom is 0.0555 e. The number of hydrogen-bond donors (Lipinski definition) is 0. The number of hydrogen-bond acceptors (Lipinski definition) is 3. The average Bonchev–Trinajstić information content (AvgIpc) is 4.04. The Morgan fingerprint density at radius 3 is 1.49 bits per heavy atom. The van der Waals surface area contributed by atoms with E-state index in [-0.39, 0.29) is 0 Å². The minimum Gasteiger partial charge on any atom is -0.310 e. The molecule has 0 radical (unpaired) electrons. The Morgan fingerprint density at radius 1 is 0.305 bits per heavy atom. The van der Waals surface area contributed by atoms with Crippen LogP contribution in [-0.4, -0.2) is 9.13 Å². The Hall–Kier alpha value is -7.18. The van der Waals surface area contributed by atoms with E-state index >= 15 is 0 Å². The van der Waals surface area contributed by atoms with Gasteiger partial charge in [-0.1, -0.05) is 97.1 Å². The molecule has 0 spiro atoms. The van der Waals surface area contributed by atoms with Gasteiger partial charge in [0.25, 0.3) is 0 Å². The van der Waals surface area contributed by atoms with Crippen LogP contribution >= 0.6 is 22.7 Å². The molecule has 0 aliphatic heterocycles. The van der Waals surface area contributed by atoms with Crippen LogP contribution in [0.3, 0.4) is 0 Å². The fraction of sp³-hybridized carbons (Fsp3) is 0. The first-order valence-corrected chi connectivity index (χ1v) is 21.6. The van der Waals surface area contributed by atoms with E-state index in [1.807, 2.05) is 22.7 Å². The second-order valence-electron chi connectivity index (χ2n) is 15.3. The number of para-hydroxylation sites is 3. The van der Waals surface area contributed by atoms with Crippen LogP contribution in [0.15, 0.2) is 200 Å².